The number of hydrogen-bond donors (Lipinski definition) is 0. The van der Waals surface area contributed by atoms with Gasteiger partial charge in [0, 0.05) is 18.9 Å². The van der Waals surface area contributed by atoms with Crippen LogP contribution < -0.4 is 5.56 Å². The molecule has 0 aromatic carbocycles. The summed E-state index contributed by atoms with van der Waals surface area (Å²) in [6.07, 6.45) is 4.90. The molecule has 0 amide bonds. The molecule has 0 fully saturated rings. The van der Waals surface area contributed by atoms with Crippen molar-refractivity contribution in [3.63, 3.8) is 0 Å². The van der Waals surface area contributed by atoms with Crippen LogP contribution in [0.5, 0.6) is 0 Å². The Balaban J connectivity index is 2.55. The Labute approximate surface area is 123 Å². The first kappa shape index (κ1) is 15.0. The van der Waals surface area contributed by atoms with Crippen LogP contribution in [0.4, 0.5) is 0 Å². The van der Waals surface area contributed by atoms with Crippen molar-refractivity contribution in [1.29, 1.82) is 5.26 Å². The third-order valence-corrected chi connectivity index (χ3v) is 3.57. The molecule has 0 saturated heterocycles. The average Bonchev–Trinajstić information content (AvgIpc) is 2.95. The monoisotopic (exact) mass is 285 g/mol. The van der Waals surface area contributed by atoms with Crippen LogP contribution in [0, 0.1) is 11.3 Å². The van der Waals surface area contributed by atoms with Gasteiger partial charge in [-0.3, -0.25) is 4.79 Å². The van der Waals surface area contributed by atoms with Crippen molar-refractivity contribution in [1.82, 2.24) is 19.3 Å². The quantitative estimate of drug-likeness (QED) is 0.834. The summed E-state index contributed by atoms with van der Waals surface area (Å²) < 4.78 is 3.31. The molecule has 0 aliphatic heterocycles. The predicted octanol–water partition coefficient (Wildman–Crippen LogP) is 1.50. The molecule has 0 saturated carbocycles. The topological polar surface area (TPSA) is 76.5 Å². The zero-order valence-electron chi connectivity index (χ0n) is 12.6. The van der Waals surface area contributed by atoms with Gasteiger partial charge in [0.2, 0.25) is 0 Å². The lowest BCUT2D eigenvalue weighted by Gasteiger charge is -2.12. The zero-order chi connectivity index (χ0) is 15.4. The van der Waals surface area contributed by atoms with E-state index >= 15 is 0 Å². The maximum absolute atomic E-state index is 12.4. The van der Waals surface area contributed by atoms with Crippen LogP contribution in [0.2, 0.25) is 0 Å². The van der Waals surface area contributed by atoms with E-state index in [-0.39, 0.29) is 17.7 Å². The average molecular weight is 285 g/mol. The number of nitriles is 1. The highest BCUT2D eigenvalue weighted by Gasteiger charge is 2.16. The minimum Gasteiger partial charge on any atom is -0.334 e. The Morgan fingerprint density at radius 1 is 1.29 bits per heavy atom. The lowest BCUT2D eigenvalue weighted by molar-refractivity contribution is 0.565. The van der Waals surface area contributed by atoms with Crippen molar-refractivity contribution in [2.45, 2.75) is 46.7 Å². The van der Waals surface area contributed by atoms with Crippen molar-refractivity contribution in [2.24, 2.45) is 0 Å². The fourth-order valence-electron chi connectivity index (χ4n) is 2.45. The van der Waals surface area contributed by atoms with Gasteiger partial charge in [0.1, 0.15) is 24.0 Å². The van der Waals surface area contributed by atoms with Crippen LogP contribution in [-0.4, -0.2) is 19.3 Å². The molecule has 2 aromatic heterocycles. The lowest BCUT2D eigenvalue weighted by atomic mass is 10.0. The first-order valence-electron chi connectivity index (χ1n) is 7.19. The summed E-state index contributed by atoms with van der Waals surface area (Å²) in [5.74, 6) is 0.766. The molecule has 2 aromatic rings. The SMILES string of the molecule is CCc1nn(Cc2nccn2CC)c(=O)c(C#N)c1CC. The number of nitrogens with zero attached hydrogens (tertiary/aromatic N) is 5. The molecule has 0 atom stereocenters. The fourth-order valence-corrected chi connectivity index (χ4v) is 2.45. The second-order valence-electron chi connectivity index (χ2n) is 4.71. The van der Waals surface area contributed by atoms with Gasteiger partial charge in [-0.1, -0.05) is 13.8 Å². The van der Waals surface area contributed by atoms with Crippen molar-refractivity contribution in [3.05, 3.63) is 45.4 Å². The molecule has 2 heterocycles. The van der Waals surface area contributed by atoms with Gasteiger partial charge in [0.15, 0.2) is 0 Å². The largest absolute Gasteiger partial charge is 0.334 e. The summed E-state index contributed by atoms with van der Waals surface area (Å²) in [6, 6.07) is 2.04. The van der Waals surface area contributed by atoms with Crippen molar-refractivity contribution < 1.29 is 0 Å². The van der Waals surface area contributed by atoms with Crippen LogP contribution >= 0.6 is 0 Å². The Morgan fingerprint density at radius 2 is 2.05 bits per heavy atom. The van der Waals surface area contributed by atoms with Gasteiger partial charge in [-0.25, -0.2) is 9.67 Å². The summed E-state index contributed by atoms with van der Waals surface area (Å²) in [7, 11) is 0. The van der Waals surface area contributed by atoms with Gasteiger partial charge in [-0.05, 0) is 25.3 Å². The van der Waals surface area contributed by atoms with Crippen LogP contribution in [0.1, 0.15) is 43.4 Å². The molecule has 0 aliphatic carbocycles. The van der Waals surface area contributed by atoms with Crippen molar-refractivity contribution >= 4 is 0 Å². The lowest BCUT2D eigenvalue weighted by Crippen LogP contribution is -2.30. The molecular formula is C15H19N5O. The van der Waals surface area contributed by atoms with Crippen LogP contribution in [-0.2, 0) is 25.9 Å². The van der Waals surface area contributed by atoms with Crippen LogP contribution in [0.15, 0.2) is 17.2 Å². The highest BCUT2D eigenvalue weighted by molar-refractivity contribution is 5.38. The minimum atomic E-state index is -0.336. The van der Waals surface area contributed by atoms with E-state index < -0.39 is 0 Å². The van der Waals surface area contributed by atoms with Gasteiger partial charge < -0.3 is 4.57 Å². The highest BCUT2D eigenvalue weighted by Crippen LogP contribution is 2.10. The molecule has 0 radical (unpaired) electrons. The summed E-state index contributed by atoms with van der Waals surface area (Å²) in [6.45, 7) is 6.99. The van der Waals surface area contributed by atoms with Gasteiger partial charge in [0.25, 0.3) is 5.56 Å². The summed E-state index contributed by atoms with van der Waals surface area (Å²) in [5, 5.41) is 13.7. The summed E-state index contributed by atoms with van der Waals surface area (Å²) in [4.78, 5) is 16.7. The summed E-state index contributed by atoms with van der Waals surface area (Å²) in [5.41, 5.74) is 1.44. The number of aromatic nitrogens is 4. The molecule has 0 unspecified atom stereocenters. The molecular weight excluding hydrogens is 266 g/mol. The van der Waals surface area contributed by atoms with Gasteiger partial charge in [0.05, 0.1) is 5.69 Å². The van der Waals surface area contributed by atoms with E-state index in [0.717, 1.165) is 23.6 Å². The molecule has 110 valence electrons. The second-order valence-corrected chi connectivity index (χ2v) is 4.71. The van der Waals surface area contributed by atoms with E-state index in [2.05, 4.69) is 10.1 Å². The molecule has 0 bridgehead atoms. The Morgan fingerprint density at radius 3 is 2.62 bits per heavy atom. The number of imidazole rings is 1. The van der Waals surface area contributed by atoms with Gasteiger partial charge >= 0.3 is 0 Å². The second kappa shape index (κ2) is 6.35. The first-order valence-corrected chi connectivity index (χ1v) is 7.19. The van der Waals surface area contributed by atoms with E-state index in [4.69, 9.17) is 0 Å². The number of rotatable bonds is 5. The van der Waals surface area contributed by atoms with E-state index in [9.17, 15) is 10.1 Å². The molecule has 6 nitrogen and oxygen atoms in total. The first-order chi connectivity index (χ1) is 10.2. The normalized spacial score (nSPS) is 10.6. The van der Waals surface area contributed by atoms with E-state index in [1.165, 1.54) is 4.68 Å². The van der Waals surface area contributed by atoms with E-state index in [0.29, 0.717) is 12.8 Å². The maximum Gasteiger partial charge on any atom is 0.285 e. The minimum absolute atomic E-state index is 0.207. The van der Waals surface area contributed by atoms with Crippen molar-refractivity contribution in [3.8, 4) is 6.07 Å². The maximum atomic E-state index is 12.4. The molecule has 0 aliphatic rings. The zero-order valence-corrected chi connectivity index (χ0v) is 12.6. The third-order valence-electron chi connectivity index (χ3n) is 3.57. The molecule has 0 N–H and O–H groups in total. The molecule has 21 heavy (non-hydrogen) atoms. The van der Waals surface area contributed by atoms with Crippen molar-refractivity contribution in [2.75, 3.05) is 0 Å². The molecule has 2 rings (SSSR count). The number of hydrogen-bond acceptors (Lipinski definition) is 4. The predicted molar refractivity (Wildman–Crippen MR) is 79.0 cm³/mol. The molecule has 0 spiro atoms. The van der Waals surface area contributed by atoms with E-state index in [1.807, 2.05) is 37.6 Å². The summed E-state index contributed by atoms with van der Waals surface area (Å²) >= 11 is 0. The standard InChI is InChI=1S/C15H19N5O/c1-4-11-12(9-16)15(21)20(18-13(11)5-2)10-14-17-7-8-19(14)6-3/h7-8H,4-6,10H2,1-3H3. The highest BCUT2D eigenvalue weighted by atomic mass is 16.1. The third kappa shape index (κ3) is 2.72. The smallest absolute Gasteiger partial charge is 0.285 e. The Hall–Kier alpha value is -2.42. The fraction of sp³-hybridized carbons (Fsp3) is 0.467. The molecule has 6 heteroatoms. The number of aryl methyl sites for hydroxylation is 2. The Kier molecular flexibility index (Phi) is 4.53. The van der Waals surface area contributed by atoms with Gasteiger partial charge in [-0.2, -0.15) is 10.4 Å². The van der Waals surface area contributed by atoms with Crippen LogP contribution in [0.3, 0.4) is 0 Å². The van der Waals surface area contributed by atoms with Gasteiger partial charge in [-0.15, -0.1) is 0 Å². The Bertz CT molecular complexity index is 735. The van der Waals surface area contributed by atoms with Crippen LogP contribution in [0.25, 0.3) is 0 Å². The van der Waals surface area contributed by atoms with E-state index in [1.54, 1.807) is 6.20 Å².